The van der Waals surface area contributed by atoms with Crippen molar-refractivity contribution in [3.05, 3.63) is 54.4 Å². The van der Waals surface area contributed by atoms with E-state index in [9.17, 15) is 13.6 Å². The first-order chi connectivity index (χ1) is 11.2. The van der Waals surface area contributed by atoms with Gasteiger partial charge in [0.05, 0.1) is 31.7 Å². The predicted molar refractivity (Wildman–Crippen MR) is 92.8 cm³/mol. The van der Waals surface area contributed by atoms with Crippen molar-refractivity contribution in [2.75, 3.05) is 6.61 Å². The number of hydrogen-bond donors (Lipinski definition) is 0. The maximum atomic E-state index is 14.2. The summed E-state index contributed by atoms with van der Waals surface area (Å²) in [6, 6.07) is 1.76. The maximum absolute atomic E-state index is 14.2. The minimum Gasteiger partial charge on any atom is -0.462 e. The Morgan fingerprint density at radius 1 is 0.917 bits per heavy atom. The molecule has 2 aromatic rings. The lowest BCUT2D eigenvalue weighted by Crippen LogP contribution is -2.10. The molecule has 0 radical (unpaired) electrons. The largest absolute Gasteiger partial charge is 0.462 e. The van der Waals surface area contributed by atoms with Crippen LogP contribution in [0, 0.1) is 11.6 Å². The second-order valence-electron chi connectivity index (χ2n) is 4.48. The third-order valence-electron chi connectivity index (χ3n) is 3.02. The summed E-state index contributed by atoms with van der Waals surface area (Å²) in [5, 5.41) is -0.560. The van der Waals surface area contributed by atoms with Crippen LogP contribution in [-0.4, -0.2) is 12.6 Å². The van der Waals surface area contributed by atoms with Crippen LogP contribution in [0.25, 0.3) is 11.1 Å². The van der Waals surface area contributed by atoms with E-state index in [1.54, 1.807) is 0 Å². The Kier molecular flexibility index (Phi) is 6.21. The maximum Gasteiger partial charge on any atom is 0.344 e. The van der Waals surface area contributed by atoms with Gasteiger partial charge in [0.1, 0.15) is 17.2 Å². The van der Waals surface area contributed by atoms with Crippen molar-refractivity contribution < 1.29 is 18.3 Å². The summed E-state index contributed by atoms with van der Waals surface area (Å²) in [7, 11) is 0. The molecule has 0 aliphatic rings. The smallest absolute Gasteiger partial charge is 0.344 e. The monoisotopic (exact) mass is 432 g/mol. The van der Waals surface area contributed by atoms with Crippen LogP contribution in [0.4, 0.5) is 8.78 Å². The molecule has 0 aromatic heterocycles. The van der Waals surface area contributed by atoms with Crippen LogP contribution in [0.5, 0.6) is 0 Å². The second kappa shape index (κ2) is 7.63. The Balaban J connectivity index is 2.71. The van der Waals surface area contributed by atoms with Gasteiger partial charge in [-0.1, -0.05) is 58.0 Å². The van der Waals surface area contributed by atoms with Gasteiger partial charge in [-0.05, 0) is 24.6 Å². The van der Waals surface area contributed by atoms with Crippen molar-refractivity contribution in [3.8, 4) is 11.1 Å². The molecule has 0 amide bonds. The van der Waals surface area contributed by atoms with Crippen LogP contribution in [0.15, 0.2) is 12.1 Å². The highest BCUT2D eigenvalue weighted by molar-refractivity contribution is 6.56. The van der Waals surface area contributed by atoms with Gasteiger partial charge in [-0.25, -0.2) is 13.6 Å². The van der Waals surface area contributed by atoms with Gasteiger partial charge in [-0.3, -0.25) is 0 Å². The lowest BCUT2D eigenvalue weighted by atomic mass is 10.0. The molecule has 128 valence electrons. The summed E-state index contributed by atoms with van der Waals surface area (Å²) < 4.78 is 33.0. The number of carbonyl (C=O) groups excluding carboxylic acids is 1. The molecule has 9 heteroatoms. The Morgan fingerprint density at radius 3 is 1.75 bits per heavy atom. The number of benzene rings is 2. The average molecular weight is 434 g/mol. The van der Waals surface area contributed by atoms with Gasteiger partial charge in [0, 0.05) is 5.56 Å². The molecule has 2 rings (SSSR count). The second-order valence-corrected chi connectivity index (χ2v) is 6.37. The number of ether oxygens (including phenoxy) is 1. The van der Waals surface area contributed by atoms with E-state index in [2.05, 4.69) is 4.74 Å². The summed E-state index contributed by atoms with van der Waals surface area (Å²) in [6.45, 7) is 1.48. The molecule has 0 unspecified atom stereocenters. The molecular formula is C15H7Cl5F2O2. The standard InChI is InChI=1S/C15H7Cl5F2O2/c1-2-24-15(23)9-6(21)3-5(4-7(9)22)8-10(16)12(18)14(20)13(19)11(8)17/h3-4H,2H2,1H3. The molecule has 0 saturated carbocycles. The first-order valence-electron chi connectivity index (χ1n) is 6.38. The molecule has 0 heterocycles. The van der Waals surface area contributed by atoms with E-state index < -0.39 is 23.2 Å². The van der Waals surface area contributed by atoms with E-state index in [4.69, 9.17) is 58.0 Å². The third-order valence-corrected chi connectivity index (χ3v) is 5.30. The van der Waals surface area contributed by atoms with E-state index in [1.165, 1.54) is 6.92 Å². The summed E-state index contributed by atoms with van der Waals surface area (Å²) in [4.78, 5) is 11.6. The molecular weight excluding hydrogens is 427 g/mol. The van der Waals surface area contributed by atoms with Crippen molar-refractivity contribution >= 4 is 64.0 Å². The fraction of sp³-hybridized carbons (Fsp3) is 0.133. The van der Waals surface area contributed by atoms with Crippen molar-refractivity contribution in [2.45, 2.75) is 6.92 Å². The van der Waals surface area contributed by atoms with E-state index >= 15 is 0 Å². The van der Waals surface area contributed by atoms with Crippen LogP contribution in [-0.2, 0) is 4.74 Å². The van der Waals surface area contributed by atoms with Crippen molar-refractivity contribution in [2.24, 2.45) is 0 Å². The Hall–Kier alpha value is -0.780. The lowest BCUT2D eigenvalue weighted by molar-refractivity contribution is 0.0515. The lowest BCUT2D eigenvalue weighted by Gasteiger charge is -2.14. The van der Waals surface area contributed by atoms with Crippen LogP contribution < -0.4 is 0 Å². The van der Waals surface area contributed by atoms with Gasteiger partial charge in [-0.2, -0.15) is 0 Å². The molecule has 0 atom stereocenters. The summed E-state index contributed by atoms with van der Waals surface area (Å²) in [5.74, 6) is -3.40. The van der Waals surface area contributed by atoms with Crippen LogP contribution in [0.3, 0.4) is 0 Å². The molecule has 0 spiro atoms. The van der Waals surface area contributed by atoms with Gasteiger partial charge in [0.2, 0.25) is 0 Å². The molecule has 2 aromatic carbocycles. The van der Waals surface area contributed by atoms with Crippen LogP contribution >= 0.6 is 58.0 Å². The molecule has 0 N–H and O–H groups in total. The van der Waals surface area contributed by atoms with E-state index in [1.807, 2.05) is 0 Å². The average Bonchev–Trinajstić information content (AvgIpc) is 2.51. The minimum absolute atomic E-state index is 0.00839. The zero-order valence-electron chi connectivity index (χ0n) is 11.8. The van der Waals surface area contributed by atoms with Gasteiger partial charge in [0.15, 0.2) is 0 Å². The van der Waals surface area contributed by atoms with Gasteiger partial charge < -0.3 is 4.74 Å². The van der Waals surface area contributed by atoms with Crippen molar-refractivity contribution in [1.29, 1.82) is 0 Å². The predicted octanol–water partition coefficient (Wildman–Crippen LogP) is 7.08. The van der Waals surface area contributed by atoms with Crippen molar-refractivity contribution in [1.82, 2.24) is 0 Å². The molecule has 0 bridgehead atoms. The number of hydrogen-bond acceptors (Lipinski definition) is 2. The quantitative estimate of drug-likeness (QED) is 0.293. The van der Waals surface area contributed by atoms with E-state index in [0.717, 1.165) is 12.1 Å². The number of rotatable bonds is 3. The molecule has 2 nitrogen and oxygen atoms in total. The van der Waals surface area contributed by atoms with E-state index in [-0.39, 0.29) is 42.8 Å². The fourth-order valence-corrected chi connectivity index (χ4v) is 3.33. The Morgan fingerprint density at radius 2 is 1.33 bits per heavy atom. The SMILES string of the molecule is CCOC(=O)c1c(F)cc(-c2c(Cl)c(Cl)c(Cl)c(Cl)c2Cl)cc1F. The minimum atomic E-state index is -1.14. The molecule has 0 aliphatic carbocycles. The highest BCUT2D eigenvalue weighted by Crippen LogP contribution is 2.48. The summed E-state index contributed by atoms with van der Waals surface area (Å²) in [6.07, 6.45) is 0. The van der Waals surface area contributed by atoms with Crippen LogP contribution in [0.1, 0.15) is 17.3 Å². The normalized spacial score (nSPS) is 10.8. The molecule has 0 aliphatic heterocycles. The Labute approximate surface area is 161 Å². The number of carbonyl (C=O) groups is 1. The number of esters is 1. The molecule has 0 saturated heterocycles. The molecule has 0 fully saturated rings. The first-order valence-corrected chi connectivity index (χ1v) is 8.27. The topological polar surface area (TPSA) is 26.3 Å². The summed E-state index contributed by atoms with van der Waals surface area (Å²) >= 11 is 29.9. The third kappa shape index (κ3) is 3.44. The van der Waals surface area contributed by atoms with Gasteiger partial charge >= 0.3 is 5.97 Å². The zero-order chi connectivity index (χ0) is 18.2. The highest BCUT2D eigenvalue weighted by atomic mass is 35.5. The highest BCUT2D eigenvalue weighted by Gasteiger charge is 2.25. The number of halogens is 7. The summed E-state index contributed by atoms with van der Waals surface area (Å²) in [5.41, 5.74) is -0.890. The first kappa shape index (κ1) is 19.5. The Bertz CT molecular complexity index is 787. The zero-order valence-corrected chi connectivity index (χ0v) is 15.6. The van der Waals surface area contributed by atoms with Crippen LogP contribution in [0.2, 0.25) is 25.1 Å². The van der Waals surface area contributed by atoms with Crippen molar-refractivity contribution in [3.63, 3.8) is 0 Å². The molecule has 24 heavy (non-hydrogen) atoms. The fourth-order valence-electron chi connectivity index (χ4n) is 1.97. The van der Waals surface area contributed by atoms with Gasteiger partial charge in [0.25, 0.3) is 0 Å². The van der Waals surface area contributed by atoms with E-state index in [0.29, 0.717) is 0 Å². The van der Waals surface area contributed by atoms with Gasteiger partial charge in [-0.15, -0.1) is 0 Å².